The lowest BCUT2D eigenvalue weighted by Gasteiger charge is -2.14. The molecular formula is C15H20N4O4S. The van der Waals surface area contributed by atoms with Gasteiger partial charge in [-0.3, -0.25) is 18.7 Å². The van der Waals surface area contributed by atoms with Crippen molar-refractivity contribution < 1.29 is 9.53 Å². The first-order valence-electron chi connectivity index (χ1n) is 7.41. The molecule has 1 atom stereocenters. The fourth-order valence-electron chi connectivity index (χ4n) is 2.17. The molecule has 8 nitrogen and oxygen atoms in total. The van der Waals surface area contributed by atoms with E-state index in [2.05, 4.69) is 9.97 Å². The van der Waals surface area contributed by atoms with E-state index in [4.69, 9.17) is 4.74 Å². The zero-order valence-electron chi connectivity index (χ0n) is 14.5. The molecule has 2 aromatic rings. The van der Waals surface area contributed by atoms with Crippen LogP contribution in [0.1, 0.15) is 32.5 Å². The third-order valence-electron chi connectivity index (χ3n) is 3.62. The molecule has 130 valence electrons. The van der Waals surface area contributed by atoms with Gasteiger partial charge in [0.05, 0.1) is 7.11 Å². The highest BCUT2D eigenvalue weighted by atomic mass is 32.2. The Hall–Kier alpha value is -2.16. The number of hydrogen-bond donors (Lipinski definition) is 0. The number of aromatic nitrogens is 4. The Balaban J connectivity index is 2.83. The van der Waals surface area contributed by atoms with Gasteiger partial charge in [0.2, 0.25) is 0 Å². The molecule has 0 saturated carbocycles. The predicted octanol–water partition coefficient (Wildman–Crippen LogP) is 0.804. The molecule has 0 aliphatic heterocycles. The Bertz CT molecular complexity index is 916. The minimum atomic E-state index is -0.546. The molecule has 0 saturated heterocycles. The number of carbonyl (C=O) groups excluding carboxylic acids is 1. The Kier molecular flexibility index (Phi) is 5.12. The van der Waals surface area contributed by atoms with Crippen LogP contribution in [0.4, 0.5) is 0 Å². The minimum Gasteiger partial charge on any atom is -0.468 e. The summed E-state index contributed by atoms with van der Waals surface area (Å²) >= 11 is 1.12. The Labute approximate surface area is 142 Å². The van der Waals surface area contributed by atoms with E-state index in [0.717, 1.165) is 16.3 Å². The van der Waals surface area contributed by atoms with Gasteiger partial charge in [-0.2, -0.15) is 0 Å². The lowest BCUT2D eigenvalue weighted by atomic mass is 10.2. The number of esters is 1. The Morgan fingerprint density at radius 2 is 1.75 bits per heavy atom. The highest BCUT2D eigenvalue weighted by molar-refractivity contribution is 8.00. The normalized spacial score (nSPS) is 12.6. The zero-order valence-corrected chi connectivity index (χ0v) is 15.3. The van der Waals surface area contributed by atoms with Crippen LogP contribution in [0.25, 0.3) is 11.0 Å². The largest absolute Gasteiger partial charge is 0.468 e. The highest BCUT2D eigenvalue weighted by Gasteiger charge is 2.22. The molecule has 0 spiro atoms. The maximum absolute atomic E-state index is 12.6. The average molecular weight is 352 g/mol. The first-order valence-corrected chi connectivity index (χ1v) is 8.29. The molecule has 0 N–H and O–H groups in total. The van der Waals surface area contributed by atoms with Gasteiger partial charge < -0.3 is 4.74 Å². The van der Waals surface area contributed by atoms with Gasteiger partial charge in [0, 0.05) is 20.0 Å². The van der Waals surface area contributed by atoms with E-state index in [0.29, 0.717) is 10.9 Å². The summed E-state index contributed by atoms with van der Waals surface area (Å²) in [5, 5.41) is 0.0533. The summed E-state index contributed by atoms with van der Waals surface area (Å²) in [6, 6.07) is 0. The van der Waals surface area contributed by atoms with Crippen LogP contribution >= 0.6 is 11.8 Å². The van der Waals surface area contributed by atoms with Crippen molar-refractivity contribution in [3.63, 3.8) is 0 Å². The van der Waals surface area contributed by atoms with Crippen molar-refractivity contribution in [1.82, 2.24) is 19.1 Å². The molecular weight excluding hydrogens is 332 g/mol. The molecule has 2 heterocycles. The second-order valence-corrected chi connectivity index (χ2v) is 7.06. The number of aryl methyl sites for hydroxylation is 1. The first kappa shape index (κ1) is 18.2. The molecule has 0 amide bonds. The number of ether oxygens (including phenoxy) is 1. The number of fused-ring (bicyclic) bond motifs is 1. The van der Waals surface area contributed by atoms with E-state index >= 15 is 0 Å². The molecule has 9 heteroatoms. The molecule has 0 fully saturated rings. The number of rotatable bonds is 4. The zero-order chi connectivity index (χ0) is 18.2. The summed E-state index contributed by atoms with van der Waals surface area (Å²) in [5.41, 5.74) is -0.679. The molecule has 0 aromatic carbocycles. The number of nitrogens with zero attached hydrogens (tertiary/aromatic N) is 4. The van der Waals surface area contributed by atoms with Gasteiger partial charge in [-0.1, -0.05) is 25.6 Å². The van der Waals surface area contributed by atoms with Crippen molar-refractivity contribution in [3.05, 3.63) is 26.7 Å². The highest BCUT2D eigenvalue weighted by Crippen LogP contribution is 2.28. The summed E-state index contributed by atoms with van der Waals surface area (Å²) in [7, 11) is 4.26. The molecule has 0 bridgehead atoms. The molecule has 0 unspecified atom stereocenters. The van der Waals surface area contributed by atoms with Crippen LogP contribution < -0.4 is 11.2 Å². The quantitative estimate of drug-likeness (QED) is 0.456. The number of thioether (sulfide) groups is 1. The van der Waals surface area contributed by atoms with Gasteiger partial charge >= 0.3 is 11.7 Å². The van der Waals surface area contributed by atoms with Crippen molar-refractivity contribution in [2.24, 2.45) is 14.1 Å². The monoisotopic (exact) mass is 352 g/mol. The average Bonchev–Trinajstić information content (AvgIpc) is 2.56. The van der Waals surface area contributed by atoms with Gasteiger partial charge in [0.15, 0.2) is 5.65 Å². The van der Waals surface area contributed by atoms with Crippen LogP contribution in [-0.2, 0) is 23.6 Å². The van der Waals surface area contributed by atoms with Crippen molar-refractivity contribution >= 4 is 28.8 Å². The van der Waals surface area contributed by atoms with E-state index in [1.165, 1.54) is 18.7 Å². The number of carbonyl (C=O) groups is 1. The van der Waals surface area contributed by atoms with Crippen molar-refractivity contribution in [2.45, 2.75) is 37.0 Å². The molecule has 0 radical (unpaired) electrons. The van der Waals surface area contributed by atoms with Crippen LogP contribution in [0.5, 0.6) is 0 Å². The van der Waals surface area contributed by atoms with E-state index in [1.807, 2.05) is 13.8 Å². The van der Waals surface area contributed by atoms with Crippen molar-refractivity contribution in [1.29, 1.82) is 0 Å². The van der Waals surface area contributed by atoms with Crippen LogP contribution in [-0.4, -0.2) is 37.4 Å². The predicted molar refractivity (Wildman–Crippen MR) is 91.4 cm³/mol. The topological polar surface area (TPSA) is 96.1 Å². The van der Waals surface area contributed by atoms with Gasteiger partial charge in [0.1, 0.15) is 21.5 Å². The maximum Gasteiger partial charge on any atom is 0.332 e. The number of hydrogen-bond acceptors (Lipinski definition) is 7. The lowest BCUT2D eigenvalue weighted by Crippen LogP contribution is -2.38. The van der Waals surface area contributed by atoms with E-state index in [1.54, 1.807) is 14.0 Å². The maximum atomic E-state index is 12.6. The summed E-state index contributed by atoms with van der Waals surface area (Å²) in [6.45, 7) is 5.50. The summed E-state index contributed by atoms with van der Waals surface area (Å²) in [5.74, 6) is 0.0890. The minimum absolute atomic E-state index is 0.00124. The molecule has 2 rings (SSSR count). The lowest BCUT2D eigenvalue weighted by molar-refractivity contribution is -0.139. The summed E-state index contributed by atoms with van der Waals surface area (Å²) < 4.78 is 7.05. The second-order valence-electron chi connectivity index (χ2n) is 5.73. The van der Waals surface area contributed by atoms with Gasteiger partial charge in [-0.25, -0.2) is 14.8 Å². The SMILES string of the molecule is COC(=O)[C@H](C)Sc1nc(C(C)C)nc2c1c(=O)n(C)c(=O)n2C. The van der Waals surface area contributed by atoms with Crippen molar-refractivity contribution in [2.75, 3.05) is 7.11 Å². The van der Waals surface area contributed by atoms with Crippen molar-refractivity contribution in [3.8, 4) is 0 Å². The van der Waals surface area contributed by atoms with E-state index < -0.39 is 22.5 Å². The standard InChI is InChI=1S/C15H20N4O4S/c1-7(2)10-16-11-9(13(20)19(5)15(22)18(11)4)12(17-10)24-8(3)14(21)23-6/h7-8H,1-6H3/t8-/m0/s1. The fourth-order valence-corrected chi connectivity index (χ4v) is 3.14. The smallest absolute Gasteiger partial charge is 0.332 e. The molecule has 0 aliphatic carbocycles. The van der Waals surface area contributed by atoms with Crippen LogP contribution in [0.3, 0.4) is 0 Å². The van der Waals surface area contributed by atoms with Crippen LogP contribution in [0.15, 0.2) is 14.6 Å². The third kappa shape index (κ3) is 3.08. The Morgan fingerprint density at radius 3 is 2.29 bits per heavy atom. The van der Waals surface area contributed by atoms with E-state index in [-0.39, 0.29) is 17.0 Å². The van der Waals surface area contributed by atoms with Gasteiger partial charge in [-0.15, -0.1) is 0 Å². The summed E-state index contributed by atoms with van der Waals surface area (Å²) in [4.78, 5) is 45.3. The summed E-state index contributed by atoms with van der Waals surface area (Å²) in [6.07, 6.45) is 0. The van der Waals surface area contributed by atoms with Crippen LogP contribution in [0.2, 0.25) is 0 Å². The Morgan fingerprint density at radius 1 is 1.12 bits per heavy atom. The number of methoxy groups -OCH3 is 1. The van der Waals surface area contributed by atoms with Gasteiger partial charge in [-0.05, 0) is 6.92 Å². The fraction of sp³-hybridized carbons (Fsp3) is 0.533. The molecule has 2 aromatic heterocycles. The van der Waals surface area contributed by atoms with E-state index in [9.17, 15) is 14.4 Å². The first-order chi connectivity index (χ1) is 11.2. The van der Waals surface area contributed by atoms with Gasteiger partial charge in [0.25, 0.3) is 5.56 Å². The molecule has 24 heavy (non-hydrogen) atoms. The second kappa shape index (κ2) is 6.76. The molecule has 0 aliphatic rings. The third-order valence-corrected chi connectivity index (χ3v) is 4.69. The van der Waals surface area contributed by atoms with Crippen LogP contribution in [0, 0.1) is 0 Å².